The average molecular weight is 410 g/mol. The van der Waals surface area contributed by atoms with Crippen LogP contribution >= 0.6 is 11.6 Å². The maximum absolute atomic E-state index is 13.1. The molecular weight excluding hydrogens is 386 g/mol. The van der Waals surface area contributed by atoms with E-state index < -0.39 is 0 Å². The number of benzene rings is 2. The third-order valence-corrected chi connectivity index (χ3v) is 5.96. The first-order chi connectivity index (χ1) is 14.1. The number of likely N-dealkylation sites (tertiary alicyclic amines) is 1. The molecule has 1 aromatic heterocycles. The van der Waals surface area contributed by atoms with E-state index >= 15 is 0 Å². The van der Waals surface area contributed by atoms with E-state index in [2.05, 4.69) is 16.8 Å². The van der Waals surface area contributed by atoms with Gasteiger partial charge in [-0.05, 0) is 44.1 Å². The van der Waals surface area contributed by atoms with E-state index in [9.17, 15) is 9.90 Å². The van der Waals surface area contributed by atoms with Gasteiger partial charge in [-0.2, -0.15) is 0 Å². The number of halogens is 1. The molecule has 1 aliphatic heterocycles. The van der Waals surface area contributed by atoms with Gasteiger partial charge in [0.2, 0.25) is 5.88 Å². The number of likely N-dealkylation sites (N-methyl/N-ethyl adjacent to an activating group) is 1. The second-order valence-electron chi connectivity index (χ2n) is 7.29. The van der Waals surface area contributed by atoms with Crippen LogP contribution in [0.3, 0.4) is 0 Å². The van der Waals surface area contributed by atoms with Gasteiger partial charge in [0.1, 0.15) is 0 Å². The fourth-order valence-electron chi connectivity index (χ4n) is 4.13. The topological polar surface area (TPSA) is 57.8 Å². The Morgan fingerprint density at radius 1 is 1.17 bits per heavy atom. The largest absolute Gasteiger partial charge is 0.494 e. The van der Waals surface area contributed by atoms with E-state index in [1.54, 1.807) is 36.5 Å². The molecule has 3 aromatic rings. The Labute approximate surface area is 174 Å². The van der Waals surface area contributed by atoms with Crippen molar-refractivity contribution in [2.45, 2.75) is 25.8 Å². The monoisotopic (exact) mass is 409 g/mol. The maximum atomic E-state index is 13.1. The van der Waals surface area contributed by atoms with Crippen molar-refractivity contribution < 1.29 is 5.11 Å². The van der Waals surface area contributed by atoms with Crippen molar-refractivity contribution in [3.8, 4) is 11.6 Å². The molecular formula is C23H24ClN3O2. The van der Waals surface area contributed by atoms with Crippen molar-refractivity contribution in [1.82, 2.24) is 9.47 Å². The Hall–Kier alpha value is -2.63. The SMILES string of the molecule is CCN1CCC[C@H]1CN=Cc1c(O)n(-c2ccccc2Cl)c(=O)c2ccccc12. The molecule has 0 unspecified atom stereocenters. The third-order valence-electron chi connectivity index (χ3n) is 5.64. The predicted molar refractivity (Wildman–Crippen MR) is 119 cm³/mol. The molecule has 0 saturated carbocycles. The second kappa shape index (κ2) is 8.39. The van der Waals surface area contributed by atoms with Crippen LogP contribution in [-0.2, 0) is 0 Å². The van der Waals surface area contributed by atoms with Gasteiger partial charge < -0.3 is 5.11 Å². The van der Waals surface area contributed by atoms with Gasteiger partial charge in [-0.25, -0.2) is 4.57 Å². The first-order valence-electron chi connectivity index (χ1n) is 9.97. The smallest absolute Gasteiger partial charge is 0.265 e. The van der Waals surface area contributed by atoms with Gasteiger partial charge in [0.05, 0.1) is 22.8 Å². The molecule has 2 heterocycles. The predicted octanol–water partition coefficient (Wildman–Crippen LogP) is 4.25. The quantitative estimate of drug-likeness (QED) is 0.641. The molecule has 2 aromatic carbocycles. The molecule has 0 aliphatic carbocycles. The molecule has 0 bridgehead atoms. The lowest BCUT2D eigenvalue weighted by Crippen LogP contribution is -2.31. The lowest BCUT2D eigenvalue weighted by Gasteiger charge is -2.20. The van der Waals surface area contributed by atoms with E-state index in [0.29, 0.717) is 39.6 Å². The Morgan fingerprint density at radius 3 is 2.66 bits per heavy atom. The number of pyridine rings is 1. The summed E-state index contributed by atoms with van der Waals surface area (Å²) in [7, 11) is 0. The molecule has 5 nitrogen and oxygen atoms in total. The first-order valence-corrected chi connectivity index (χ1v) is 10.3. The number of hydrogen-bond donors (Lipinski definition) is 1. The summed E-state index contributed by atoms with van der Waals surface area (Å²) in [6.45, 7) is 4.97. The van der Waals surface area contributed by atoms with Gasteiger partial charge in [-0.1, -0.05) is 48.9 Å². The minimum Gasteiger partial charge on any atom is -0.494 e. The van der Waals surface area contributed by atoms with Crippen LogP contribution in [0.4, 0.5) is 0 Å². The number of rotatable bonds is 5. The molecule has 1 atom stereocenters. The van der Waals surface area contributed by atoms with Crippen molar-refractivity contribution in [3.63, 3.8) is 0 Å². The third kappa shape index (κ3) is 3.68. The van der Waals surface area contributed by atoms with Crippen molar-refractivity contribution in [3.05, 3.63) is 69.5 Å². The standard InChI is InChI=1S/C23H24ClN3O2/c1-2-26-13-7-8-16(26)14-25-15-19-17-9-3-4-10-18(17)22(28)27(23(19)29)21-12-6-5-11-20(21)24/h3-6,9-12,15-16,29H,2,7-8,13-14H2,1H3/t16-/m0/s1. The highest BCUT2D eigenvalue weighted by Gasteiger charge is 2.22. The van der Waals surface area contributed by atoms with Crippen molar-refractivity contribution in [1.29, 1.82) is 0 Å². The van der Waals surface area contributed by atoms with Crippen LogP contribution in [0.15, 0.2) is 58.3 Å². The summed E-state index contributed by atoms with van der Waals surface area (Å²) in [6.07, 6.45) is 4.02. The molecule has 1 N–H and O–H groups in total. The molecule has 1 fully saturated rings. The Morgan fingerprint density at radius 2 is 1.90 bits per heavy atom. The zero-order chi connectivity index (χ0) is 20.4. The van der Waals surface area contributed by atoms with Crippen molar-refractivity contribution >= 4 is 28.6 Å². The number of para-hydroxylation sites is 1. The molecule has 4 rings (SSSR count). The van der Waals surface area contributed by atoms with Crippen LogP contribution in [0, 0.1) is 0 Å². The summed E-state index contributed by atoms with van der Waals surface area (Å²) >= 11 is 6.32. The van der Waals surface area contributed by atoms with E-state index in [-0.39, 0.29) is 11.4 Å². The molecule has 0 spiro atoms. The highest BCUT2D eigenvalue weighted by atomic mass is 35.5. The molecule has 6 heteroatoms. The number of aromatic hydroxyl groups is 1. The lowest BCUT2D eigenvalue weighted by atomic mass is 10.1. The van der Waals surface area contributed by atoms with E-state index in [4.69, 9.17) is 11.6 Å². The second-order valence-corrected chi connectivity index (χ2v) is 7.70. The number of aromatic nitrogens is 1. The van der Waals surface area contributed by atoms with Crippen LogP contribution in [0.25, 0.3) is 16.5 Å². The van der Waals surface area contributed by atoms with E-state index in [1.165, 1.54) is 11.0 Å². The molecule has 1 aliphatic rings. The van der Waals surface area contributed by atoms with Crippen LogP contribution in [0.1, 0.15) is 25.3 Å². The summed E-state index contributed by atoms with van der Waals surface area (Å²) < 4.78 is 1.26. The van der Waals surface area contributed by atoms with E-state index in [1.807, 2.05) is 18.2 Å². The normalized spacial score (nSPS) is 17.5. The number of fused-ring (bicyclic) bond motifs is 1. The van der Waals surface area contributed by atoms with Gasteiger partial charge in [-0.3, -0.25) is 14.7 Å². The summed E-state index contributed by atoms with van der Waals surface area (Å²) in [5.74, 6) is -0.149. The van der Waals surface area contributed by atoms with Crippen molar-refractivity contribution in [2.75, 3.05) is 19.6 Å². The number of nitrogens with zero attached hydrogens (tertiary/aromatic N) is 3. The van der Waals surface area contributed by atoms with Gasteiger partial charge >= 0.3 is 0 Å². The zero-order valence-corrected chi connectivity index (χ0v) is 17.1. The fourth-order valence-corrected chi connectivity index (χ4v) is 4.35. The zero-order valence-electron chi connectivity index (χ0n) is 16.4. The van der Waals surface area contributed by atoms with Gasteiger partial charge in [0.15, 0.2) is 0 Å². The average Bonchev–Trinajstić information content (AvgIpc) is 3.19. The maximum Gasteiger partial charge on any atom is 0.265 e. The minimum atomic E-state index is -0.309. The van der Waals surface area contributed by atoms with Gasteiger partial charge in [0.25, 0.3) is 5.56 Å². The molecule has 0 amide bonds. The van der Waals surface area contributed by atoms with Gasteiger partial charge in [0, 0.05) is 23.0 Å². The summed E-state index contributed by atoms with van der Waals surface area (Å²) in [6, 6.07) is 14.7. The van der Waals surface area contributed by atoms with Crippen LogP contribution in [-0.4, -0.2) is 46.5 Å². The summed E-state index contributed by atoms with van der Waals surface area (Å²) in [5.41, 5.74) is 0.669. The molecule has 29 heavy (non-hydrogen) atoms. The van der Waals surface area contributed by atoms with Crippen LogP contribution < -0.4 is 5.56 Å². The Kier molecular flexibility index (Phi) is 5.69. The van der Waals surface area contributed by atoms with Crippen molar-refractivity contribution in [2.24, 2.45) is 4.99 Å². The van der Waals surface area contributed by atoms with E-state index in [0.717, 1.165) is 19.5 Å². The fraction of sp³-hybridized carbons (Fsp3) is 0.304. The highest BCUT2D eigenvalue weighted by Crippen LogP contribution is 2.29. The molecule has 0 radical (unpaired) electrons. The van der Waals surface area contributed by atoms with Gasteiger partial charge in [-0.15, -0.1) is 0 Å². The lowest BCUT2D eigenvalue weighted by molar-refractivity contribution is 0.273. The summed E-state index contributed by atoms with van der Waals surface area (Å²) in [4.78, 5) is 20.2. The number of hydrogen-bond acceptors (Lipinski definition) is 4. The Bertz CT molecular complexity index is 1120. The Balaban J connectivity index is 1.82. The highest BCUT2D eigenvalue weighted by molar-refractivity contribution is 6.32. The van der Waals surface area contributed by atoms with Crippen LogP contribution in [0.2, 0.25) is 5.02 Å². The number of aliphatic imine (C=N–C) groups is 1. The van der Waals surface area contributed by atoms with Crippen LogP contribution in [0.5, 0.6) is 5.88 Å². The first kappa shape index (κ1) is 19.7. The minimum absolute atomic E-state index is 0.149. The molecule has 150 valence electrons. The summed E-state index contributed by atoms with van der Waals surface area (Å²) in [5, 5.41) is 12.6. The molecule has 1 saturated heterocycles.